The molecule has 0 bridgehead atoms. The van der Waals surface area contributed by atoms with Gasteiger partial charge in [-0.15, -0.1) is 0 Å². The first-order chi connectivity index (χ1) is 12.6. The monoisotopic (exact) mass is 377 g/mol. The minimum atomic E-state index is -0.646. The second-order valence-electron chi connectivity index (χ2n) is 6.15. The zero-order chi connectivity index (χ0) is 18.4. The summed E-state index contributed by atoms with van der Waals surface area (Å²) in [6.07, 6.45) is -0.109. The third-order valence-electron chi connectivity index (χ3n) is 4.16. The molecule has 2 N–H and O–H groups in total. The SMILES string of the molecule is O=C(NCC1CN(Cc2ccccc2)CCO1)Nc1cccc(Cl)c1F. The van der Waals surface area contributed by atoms with Gasteiger partial charge in [-0.1, -0.05) is 48.0 Å². The van der Waals surface area contributed by atoms with Gasteiger partial charge in [-0.05, 0) is 17.7 Å². The lowest BCUT2D eigenvalue weighted by molar-refractivity contribution is -0.0285. The van der Waals surface area contributed by atoms with E-state index in [-0.39, 0.29) is 16.8 Å². The summed E-state index contributed by atoms with van der Waals surface area (Å²) in [5, 5.41) is 5.15. The summed E-state index contributed by atoms with van der Waals surface area (Å²) in [4.78, 5) is 14.3. The first kappa shape index (κ1) is 18.6. The van der Waals surface area contributed by atoms with Gasteiger partial charge in [-0.3, -0.25) is 4.90 Å². The second kappa shape index (κ2) is 8.98. The minimum absolute atomic E-state index is 0.0324. The topological polar surface area (TPSA) is 53.6 Å². The van der Waals surface area contributed by atoms with Crippen LogP contribution in [0.25, 0.3) is 0 Å². The van der Waals surface area contributed by atoms with Crippen molar-refractivity contribution in [2.24, 2.45) is 0 Å². The predicted octanol–water partition coefficient (Wildman–Crippen LogP) is 3.50. The predicted molar refractivity (Wildman–Crippen MR) is 99.9 cm³/mol. The van der Waals surface area contributed by atoms with Crippen LogP contribution in [0.4, 0.5) is 14.9 Å². The van der Waals surface area contributed by atoms with Crippen LogP contribution in [-0.2, 0) is 11.3 Å². The van der Waals surface area contributed by atoms with Crippen LogP contribution in [0.1, 0.15) is 5.56 Å². The molecule has 7 heteroatoms. The highest BCUT2D eigenvalue weighted by Gasteiger charge is 2.21. The van der Waals surface area contributed by atoms with E-state index in [4.69, 9.17) is 16.3 Å². The van der Waals surface area contributed by atoms with Crippen LogP contribution >= 0.6 is 11.6 Å². The van der Waals surface area contributed by atoms with Crippen molar-refractivity contribution in [3.8, 4) is 0 Å². The molecule has 3 rings (SSSR count). The highest BCUT2D eigenvalue weighted by molar-refractivity contribution is 6.31. The van der Waals surface area contributed by atoms with Crippen molar-refractivity contribution in [3.05, 3.63) is 64.9 Å². The van der Waals surface area contributed by atoms with Crippen LogP contribution in [0.5, 0.6) is 0 Å². The molecule has 26 heavy (non-hydrogen) atoms. The molecule has 1 saturated heterocycles. The van der Waals surface area contributed by atoms with Crippen molar-refractivity contribution in [1.82, 2.24) is 10.2 Å². The lowest BCUT2D eigenvalue weighted by Gasteiger charge is -2.33. The van der Waals surface area contributed by atoms with Crippen LogP contribution in [0.15, 0.2) is 48.5 Å². The van der Waals surface area contributed by atoms with Gasteiger partial charge in [-0.25, -0.2) is 9.18 Å². The maximum Gasteiger partial charge on any atom is 0.319 e. The fourth-order valence-corrected chi connectivity index (χ4v) is 3.04. The Morgan fingerprint density at radius 1 is 1.23 bits per heavy atom. The Morgan fingerprint density at radius 2 is 2.04 bits per heavy atom. The van der Waals surface area contributed by atoms with E-state index in [1.807, 2.05) is 18.2 Å². The van der Waals surface area contributed by atoms with E-state index < -0.39 is 11.8 Å². The van der Waals surface area contributed by atoms with E-state index in [0.29, 0.717) is 13.2 Å². The van der Waals surface area contributed by atoms with E-state index in [0.717, 1.165) is 19.6 Å². The highest BCUT2D eigenvalue weighted by atomic mass is 35.5. The normalized spacial score (nSPS) is 17.7. The standard InChI is InChI=1S/C19H21ClFN3O2/c20-16-7-4-8-17(18(16)21)23-19(25)22-11-15-13-24(9-10-26-15)12-14-5-2-1-3-6-14/h1-8,15H,9-13H2,(H2,22,23,25). The zero-order valence-corrected chi connectivity index (χ0v) is 15.0. The molecule has 2 aromatic carbocycles. The second-order valence-corrected chi connectivity index (χ2v) is 6.56. The molecule has 2 amide bonds. The van der Waals surface area contributed by atoms with Gasteiger partial charge in [0, 0.05) is 26.2 Å². The molecule has 5 nitrogen and oxygen atoms in total. The van der Waals surface area contributed by atoms with Crippen LogP contribution < -0.4 is 10.6 Å². The highest BCUT2D eigenvalue weighted by Crippen LogP contribution is 2.21. The van der Waals surface area contributed by atoms with Gasteiger partial charge in [-0.2, -0.15) is 0 Å². The average Bonchev–Trinajstić information content (AvgIpc) is 2.65. The van der Waals surface area contributed by atoms with E-state index in [1.54, 1.807) is 6.07 Å². The summed E-state index contributed by atoms with van der Waals surface area (Å²) in [6, 6.07) is 14.2. The number of hydrogen-bond acceptors (Lipinski definition) is 3. The van der Waals surface area contributed by atoms with E-state index >= 15 is 0 Å². The number of urea groups is 1. The Labute approximate surface area is 157 Å². The van der Waals surface area contributed by atoms with Gasteiger partial charge in [0.05, 0.1) is 23.4 Å². The largest absolute Gasteiger partial charge is 0.374 e. The number of rotatable bonds is 5. The molecule has 2 aromatic rings. The average molecular weight is 378 g/mol. The Hall–Kier alpha value is -2.15. The van der Waals surface area contributed by atoms with Crippen LogP contribution in [0.2, 0.25) is 5.02 Å². The molecule has 1 fully saturated rings. The van der Waals surface area contributed by atoms with Crippen LogP contribution in [0.3, 0.4) is 0 Å². The lowest BCUT2D eigenvalue weighted by atomic mass is 10.2. The number of anilines is 1. The van der Waals surface area contributed by atoms with Crippen LogP contribution in [0, 0.1) is 5.82 Å². The lowest BCUT2D eigenvalue weighted by Crippen LogP contribution is -2.47. The number of nitrogens with one attached hydrogen (secondary N) is 2. The molecule has 0 aliphatic carbocycles. The van der Waals surface area contributed by atoms with Gasteiger partial charge in [0.2, 0.25) is 0 Å². The molecule has 0 saturated carbocycles. The minimum Gasteiger partial charge on any atom is -0.374 e. The Bertz CT molecular complexity index is 745. The Balaban J connectivity index is 1.46. The number of carbonyl (C=O) groups excluding carboxylic acids is 1. The Kier molecular flexibility index (Phi) is 6.44. The summed E-state index contributed by atoms with van der Waals surface area (Å²) in [5.41, 5.74) is 1.29. The third kappa shape index (κ3) is 5.17. The summed E-state index contributed by atoms with van der Waals surface area (Å²) >= 11 is 5.71. The van der Waals surface area contributed by atoms with Crippen molar-refractivity contribution in [1.29, 1.82) is 0 Å². The van der Waals surface area contributed by atoms with Crippen molar-refractivity contribution in [3.63, 3.8) is 0 Å². The maximum atomic E-state index is 13.8. The zero-order valence-electron chi connectivity index (χ0n) is 14.3. The molecule has 1 heterocycles. The number of morpholine rings is 1. The molecule has 138 valence electrons. The molecule has 1 atom stereocenters. The quantitative estimate of drug-likeness (QED) is 0.838. The summed E-state index contributed by atoms with van der Waals surface area (Å²) in [5.74, 6) is -0.646. The third-order valence-corrected chi connectivity index (χ3v) is 4.45. The molecular formula is C19H21ClFN3O2. The van der Waals surface area contributed by atoms with E-state index in [9.17, 15) is 9.18 Å². The number of benzene rings is 2. The number of halogens is 2. The maximum absolute atomic E-state index is 13.8. The van der Waals surface area contributed by atoms with Gasteiger partial charge < -0.3 is 15.4 Å². The first-order valence-corrected chi connectivity index (χ1v) is 8.86. The molecule has 1 aliphatic rings. The first-order valence-electron chi connectivity index (χ1n) is 8.48. The number of amides is 2. The fraction of sp³-hybridized carbons (Fsp3) is 0.316. The van der Waals surface area contributed by atoms with Crippen molar-refractivity contribution >= 4 is 23.3 Å². The van der Waals surface area contributed by atoms with E-state index in [1.165, 1.54) is 17.7 Å². The molecule has 1 aliphatic heterocycles. The summed E-state index contributed by atoms with van der Waals surface area (Å²) in [7, 11) is 0. The molecule has 0 aromatic heterocycles. The molecule has 0 spiro atoms. The molecule has 0 radical (unpaired) electrons. The number of carbonyl (C=O) groups is 1. The summed E-state index contributed by atoms with van der Waals surface area (Å²) < 4.78 is 19.5. The van der Waals surface area contributed by atoms with Crippen molar-refractivity contribution < 1.29 is 13.9 Å². The fourth-order valence-electron chi connectivity index (χ4n) is 2.86. The number of nitrogens with zero attached hydrogens (tertiary/aromatic N) is 1. The van der Waals surface area contributed by atoms with Gasteiger partial charge in [0.1, 0.15) is 0 Å². The van der Waals surface area contributed by atoms with Gasteiger partial charge >= 0.3 is 6.03 Å². The number of ether oxygens (including phenoxy) is 1. The molecule has 1 unspecified atom stereocenters. The Morgan fingerprint density at radius 3 is 2.85 bits per heavy atom. The van der Waals surface area contributed by atoms with Crippen LogP contribution in [-0.4, -0.2) is 43.3 Å². The number of hydrogen-bond donors (Lipinski definition) is 2. The smallest absolute Gasteiger partial charge is 0.319 e. The van der Waals surface area contributed by atoms with Crippen molar-refractivity contribution in [2.75, 3.05) is 31.6 Å². The van der Waals surface area contributed by atoms with E-state index in [2.05, 4.69) is 27.7 Å². The summed E-state index contributed by atoms with van der Waals surface area (Å²) in [6.45, 7) is 3.38. The van der Waals surface area contributed by atoms with Gasteiger partial charge in [0.15, 0.2) is 5.82 Å². The molecular weight excluding hydrogens is 357 g/mol. The van der Waals surface area contributed by atoms with Gasteiger partial charge in [0.25, 0.3) is 0 Å². The van der Waals surface area contributed by atoms with Crippen molar-refractivity contribution in [2.45, 2.75) is 12.6 Å².